The number of thiophene rings is 1. The molecule has 0 aliphatic rings. The number of carbonyl (C=O) groups is 1. The number of hydrogen-bond donors (Lipinski definition) is 1. The Bertz CT molecular complexity index is 1020. The number of pyridine rings is 1. The fourth-order valence-corrected chi connectivity index (χ4v) is 4.00. The zero-order chi connectivity index (χ0) is 19.2. The quantitative estimate of drug-likeness (QED) is 0.462. The first-order valence-corrected chi connectivity index (χ1v) is 10.4. The third-order valence-electron chi connectivity index (χ3n) is 3.91. The molecule has 3 aromatic heterocycles. The van der Waals surface area contributed by atoms with Crippen LogP contribution < -0.4 is 5.32 Å². The number of nitrogens with one attached hydrogen (secondary N) is 1. The van der Waals surface area contributed by atoms with E-state index in [0.29, 0.717) is 11.1 Å². The standard InChI is InChI=1S/C20H16N4O2S2/c25-17(13-28-20-24-23-19(26-20)15-8-4-10-21-12-15)22-18(16-9-5-11-27-16)14-6-2-1-3-7-14/h1-12,18H,13H2,(H,22,25)/t18-/m1/s1. The van der Waals surface area contributed by atoms with Gasteiger partial charge in [0.2, 0.25) is 11.8 Å². The van der Waals surface area contributed by atoms with Crippen LogP contribution in [0.5, 0.6) is 0 Å². The van der Waals surface area contributed by atoms with E-state index in [-0.39, 0.29) is 17.7 Å². The zero-order valence-electron chi connectivity index (χ0n) is 14.7. The second-order valence-corrected chi connectivity index (χ2v) is 7.74. The van der Waals surface area contributed by atoms with Crippen molar-refractivity contribution in [1.29, 1.82) is 0 Å². The number of aromatic nitrogens is 3. The van der Waals surface area contributed by atoms with E-state index in [1.54, 1.807) is 29.8 Å². The predicted octanol–water partition coefficient (Wildman–Crippen LogP) is 4.19. The molecule has 0 aliphatic carbocycles. The van der Waals surface area contributed by atoms with Crippen molar-refractivity contribution in [1.82, 2.24) is 20.5 Å². The van der Waals surface area contributed by atoms with E-state index in [2.05, 4.69) is 20.5 Å². The summed E-state index contributed by atoms with van der Waals surface area (Å²) in [5, 5.41) is 13.4. The summed E-state index contributed by atoms with van der Waals surface area (Å²) in [6, 6.07) is 17.4. The Labute approximate surface area is 170 Å². The molecule has 1 atom stereocenters. The van der Waals surface area contributed by atoms with Crippen molar-refractivity contribution in [2.24, 2.45) is 0 Å². The molecule has 0 saturated carbocycles. The van der Waals surface area contributed by atoms with Gasteiger partial charge >= 0.3 is 0 Å². The zero-order valence-corrected chi connectivity index (χ0v) is 16.3. The minimum atomic E-state index is -0.178. The van der Waals surface area contributed by atoms with Crippen LogP contribution in [-0.4, -0.2) is 26.8 Å². The van der Waals surface area contributed by atoms with Crippen LogP contribution in [0.3, 0.4) is 0 Å². The molecule has 28 heavy (non-hydrogen) atoms. The first-order valence-electron chi connectivity index (χ1n) is 8.54. The lowest BCUT2D eigenvalue weighted by atomic mass is 10.1. The van der Waals surface area contributed by atoms with Crippen LogP contribution in [-0.2, 0) is 4.79 Å². The maximum atomic E-state index is 12.5. The van der Waals surface area contributed by atoms with Crippen molar-refractivity contribution >= 4 is 29.0 Å². The Morgan fingerprint density at radius 1 is 1.11 bits per heavy atom. The minimum Gasteiger partial charge on any atom is -0.411 e. The van der Waals surface area contributed by atoms with Crippen LogP contribution in [0.1, 0.15) is 16.5 Å². The lowest BCUT2D eigenvalue weighted by Crippen LogP contribution is -2.30. The van der Waals surface area contributed by atoms with Gasteiger partial charge in [-0.05, 0) is 29.1 Å². The smallest absolute Gasteiger partial charge is 0.277 e. The topological polar surface area (TPSA) is 80.9 Å². The first kappa shape index (κ1) is 18.4. The van der Waals surface area contributed by atoms with E-state index in [4.69, 9.17) is 4.42 Å². The summed E-state index contributed by atoms with van der Waals surface area (Å²) in [6.45, 7) is 0. The summed E-state index contributed by atoms with van der Waals surface area (Å²) in [7, 11) is 0. The second-order valence-electron chi connectivity index (χ2n) is 5.83. The molecule has 8 heteroatoms. The average Bonchev–Trinajstić information content (AvgIpc) is 3.44. The van der Waals surface area contributed by atoms with E-state index < -0.39 is 0 Å². The van der Waals surface area contributed by atoms with E-state index in [0.717, 1.165) is 16.0 Å². The predicted molar refractivity (Wildman–Crippen MR) is 109 cm³/mol. The molecule has 4 aromatic rings. The van der Waals surface area contributed by atoms with Gasteiger partial charge in [-0.2, -0.15) is 0 Å². The Kier molecular flexibility index (Phi) is 5.79. The van der Waals surface area contributed by atoms with Crippen LogP contribution in [0.25, 0.3) is 11.5 Å². The lowest BCUT2D eigenvalue weighted by Gasteiger charge is -2.17. The molecule has 0 saturated heterocycles. The summed E-state index contributed by atoms with van der Waals surface area (Å²) in [6.07, 6.45) is 3.33. The van der Waals surface area contributed by atoms with Crippen molar-refractivity contribution in [3.8, 4) is 11.5 Å². The summed E-state index contributed by atoms with van der Waals surface area (Å²) >= 11 is 2.82. The van der Waals surface area contributed by atoms with E-state index in [9.17, 15) is 4.79 Å². The average molecular weight is 409 g/mol. The van der Waals surface area contributed by atoms with Crippen molar-refractivity contribution in [2.45, 2.75) is 11.3 Å². The van der Waals surface area contributed by atoms with E-state index >= 15 is 0 Å². The Balaban J connectivity index is 1.40. The fourth-order valence-electron chi connectivity index (χ4n) is 2.62. The van der Waals surface area contributed by atoms with Crippen molar-refractivity contribution < 1.29 is 9.21 Å². The Morgan fingerprint density at radius 2 is 2.00 bits per heavy atom. The number of carbonyl (C=O) groups excluding carboxylic acids is 1. The van der Waals surface area contributed by atoms with Crippen LogP contribution in [0.4, 0.5) is 0 Å². The molecule has 1 aromatic carbocycles. The molecular formula is C20H16N4O2S2. The highest BCUT2D eigenvalue weighted by Crippen LogP contribution is 2.27. The maximum Gasteiger partial charge on any atom is 0.277 e. The van der Waals surface area contributed by atoms with Gasteiger partial charge in [0.05, 0.1) is 17.4 Å². The molecule has 0 spiro atoms. The number of nitrogens with zero attached hydrogens (tertiary/aromatic N) is 3. The molecule has 6 nitrogen and oxygen atoms in total. The highest BCUT2D eigenvalue weighted by atomic mass is 32.2. The molecule has 3 heterocycles. The minimum absolute atomic E-state index is 0.103. The summed E-state index contributed by atoms with van der Waals surface area (Å²) in [5.74, 6) is 0.466. The molecule has 0 bridgehead atoms. The van der Waals surface area contributed by atoms with Gasteiger partial charge in [-0.25, -0.2) is 0 Å². The van der Waals surface area contributed by atoms with Gasteiger partial charge in [-0.1, -0.05) is 48.2 Å². The molecule has 4 rings (SSSR count). The molecule has 0 aliphatic heterocycles. The lowest BCUT2D eigenvalue weighted by molar-refractivity contribution is -0.119. The number of rotatable bonds is 7. The molecule has 1 amide bonds. The highest BCUT2D eigenvalue weighted by molar-refractivity contribution is 7.99. The third-order valence-corrected chi connectivity index (χ3v) is 5.66. The van der Waals surface area contributed by atoms with Gasteiger partial charge in [0.1, 0.15) is 0 Å². The van der Waals surface area contributed by atoms with Gasteiger partial charge in [-0.3, -0.25) is 9.78 Å². The van der Waals surface area contributed by atoms with Gasteiger partial charge in [-0.15, -0.1) is 21.5 Å². The summed E-state index contributed by atoms with van der Waals surface area (Å²) in [4.78, 5) is 17.7. The normalized spacial score (nSPS) is 11.9. The molecule has 0 unspecified atom stereocenters. The van der Waals surface area contributed by atoms with Gasteiger partial charge in [0.25, 0.3) is 5.22 Å². The molecule has 0 radical (unpaired) electrons. The monoisotopic (exact) mass is 408 g/mol. The molecule has 140 valence electrons. The van der Waals surface area contributed by atoms with Crippen molar-refractivity contribution in [3.05, 3.63) is 82.8 Å². The molecular weight excluding hydrogens is 392 g/mol. The molecule has 1 N–H and O–H groups in total. The Morgan fingerprint density at radius 3 is 2.75 bits per heavy atom. The van der Waals surface area contributed by atoms with Crippen molar-refractivity contribution in [2.75, 3.05) is 5.75 Å². The SMILES string of the molecule is O=C(CSc1nnc(-c2cccnc2)o1)N[C@H](c1ccccc1)c1cccs1. The maximum absolute atomic E-state index is 12.5. The van der Waals surface area contributed by atoms with Gasteiger partial charge in [0, 0.05) is 17.3 Å². The van der Waals surface area contributed by atoms with Crippen LogP contribution in [0.2, 0.25) is 0 Å². The van der Waals surface area contributed by atoms with Crippen molar-refractivity contribution in [3.63, 3.8) is 0 Å². The summed E-state index contributed by atoms with van der Waals surface area (Å²) in [5.41, 5.74) is 1.79. The third kappa shape index (κ3) is 4.47. The fraction of sp³-hybridized carbons (Fsp3) is 0.100. The number of thioether (sulfide) groups is 1. The van der Waals surface area contributed by atoms with Gasteiger partial charge in [0.15, 0.2) is 0 Å². The van der Waals surface area contributed by atoms with E-state index in [1.807, 2.05) is 53.9 Å². The first-order chi connectivity index (χ1) is 13.8. The number of amides is 1. The van der Waals surface area contributed by atoms with Gasteiger partial charge < -0.3 is 9.73 Å². The molecule has 0 fully saturated rings. The van der Waals surface area contributed by atoms with Crippen LogP contribution in [0.15, 0.2) is 82.0 Å². The van der Waals surface area contributed by atoms with E-state index in [1.165, 1.54) is 11.8 Å². The van der Waals surface area contributed by atoms with Crippen LogP contribution in [0, 0.1) is 0 Å². The Hall–Kier alpha value is -2.97. The number of benzene rings is 1. The largest absolute Gasteiger partial charge is 0.411 e. The number of hydrogen-bond acceptors (Lipinski definition) is 7. The highest BCUT2D eigenvalue weighted by Gasteiger charge is 2.18. The summed E-state index contributed by atoms with van der Waals surface area (Å²) < 4.78 is 5.60. The second kappa shape index (κ2) is 8.81. The van der Waals surface area contributed by atoms with Crippen LogP contribution >= 0.6 is 23.1 Å².